The standard InChI is InChI=1S/C38H70NO8P/c1-6-8-10-12-14-15-16-17-18-19-20-21-22-23-25-27-29-31-38(41)47-36(35-46-48(42,43)45-33-32-39(3,4)5)34-44-37(40)30-28-26-24-13-11-9-7-2/h14-15,17-18,20-21,36H,6-13,16,19,22-35H2,1-5H3/b15-14+,18-17+,21-20+/t36-/m1/s1. The molecule has 1 unspecified atom stereocenters. The lowest BCUT2D eigenvalue weighted by Gasteiger charge is -2.28. The molecule has 0 rings (SSSR count). The van der Waals surface area contributed by atoms with Crippen molar-refractivity contribution < 1.29 is 42.1 Å². The molecule has 0 aromatic rings. The molecular formula is C38H70NO8P. The van der Waals surface area contributed by atoms with Gasteiger partial charge in [0, 0.05) is 12.8 Å². The molecular weight excluding hydrogens is 629 g/mol. The van der Waals surface area contributed by atoms with E-state index in [2.05, 4.69) is 50.3 Å². The van der Waals surface area contributed by atoms with Crippen LogP contribution in [0.5, 0.6) is 0 Å². The quantitative estimate of drug-likeness (QED) is 0.0219. The summed E-state index contributed by atoms with van der Waals surface area (Å²) in [6.07, 6.45) is 31.9. The lowest BCUT2D eigenvalue weighted by Crippen LogP contribution is -2.37. The minimum Gasteiger partial charge on any atom is -0.756 e. The van der Waals surface area contributed by atoms with Crippen molar-refractivity contribution in [2.24, 2.45) is 0 Å². The Bertz CT molecular complexity index is 928. The lowest BCUT2D eigenvalue weighted by atomic mass is 10.1. The molecule has 0 aromatic heterocycles. The molecule has 0 saturated carbocycles. The van der Waals surface area contributed by atoms with E-state index in [-0.39, 0.29) is 26.1 Å². The molecule has 2 atom stereocenters. The van der Waals surface area contributed by atoms with Crippen LogP contribution in [-0.4, -0.2) is 70.0 Å². The highest BCUT2D eigenvalue weighted by Crippen LogP contribution is 2.38. The fourth-order valence-electron chi connectivity index (χ4n) is 4.66. The van der Waals surface area contributed by atoms with Crippen molar-refractivity contribution in [1.29, 1.82) is 0 Å². The second-order valence-electron chi connectivity index (χ2n) is 13.6. The Morgan fingerprint density at radius 3 is 1.71 bits per heavy atom. The van der Waals surface area contributed by atoms with E-state index >= 15 is 0 Å². The molecule has 0 saturated heterocycles. The van der Waals surface area contributed by atoms with Crippen molar-refractivity contribution >= 4 is 19.8 Å². The zero-order valence-electron chi connectivity index (χ0n) is 31.2. The van der Waals surface area contributed by atoms with Gasteiger partial charge in [0.1, 0.15) is 19.8 Å². The van der Waals surface area contributed by atoms with E-state index in [0.29, 0.717) is 17.4 Å². The first-order chi connectivity index (χ1) is 23.0. The van der Waals surface area contributed by atoms with Gasteiger partial charge in [-0.05, 0) is 51.4 Å². The number of esters is 2. The van der Waals surface area contributed by atoms with Gasteiger partial charge >= 0.3 is 11.9 Å². The molecule has 0 radical (unpaired) electrons. The van der Waals surface area contributed by atoms with E-state index in [1.165, 1.54) is 44.9 Å². The van der Waals surface area contributed by atoms with Crippen LogP contribution in [0.3, 0.4) is 0 Å². The van der Waals surface area contributed by atoms with E-state index in [0.717, 1.165) is 64.2 Å². The smallest absolute Gasteiger partial charge is 0.306 e. The van der Waals surface area contributed by atoms with Crippen LogP contribution >= 0.6 is 7.82 Å². The molecule has 0 fully saturated rings. The summed E-state index contributed by atoms with van der Waals surface area (Å²) in [7, 11) is 1.14. The van der Waals surface area contributed by atoms with Gasteiger partial charge in [-0.1, -0.05) is 115 Å². The summed E-state index contributed by atoms with van der Waals surface area (Å²) in [5, 5.41) is 0. The number of likely N-dealkylation sites (N-methyl/N-ethyl adjacent to an activating group) is 1. The Kier molecular flexibility index (Phi) is 30.1. The normalized spacial score (nSPS) is 14.2. The third kappa shape index (κ3) is 34.1. The molecule has 0 aliphatic heterocycles. The fourth-order valence-corrected chi connectivity index (χ4v) is 5.39. The average molecular weight is 700 g/mol. The molecule has 0 spiro atoms. The van der Waals surface area contributed by atoms with Crippen molar-refractivity contribution in [2.45, 2.75) is 148 Å². The molecule has 0 aliphatic carbocycles. The number of rotatable bonds is 33. The Balaban J connectivity index is 4.44. The van der Waals surface area contributed by atoms with Gasteiger partial charge in [-0.2, -0.15) is 0 Å². The number of quaternary nitrogens is 1. The number of unbranched alkanes of at least 4 members (excludes halogenated alkanes) is 13. The van der Waals surface area contributed by atoms with Gasteiger partial charge in [0.2, 0.25) is 0 Å². The molecule has 0 bridgehead atoms. The van der Waals surface area contributed by atoms with Gasteiger partial charge < -0.3 is 27.9 Å². The van der Waals surface area contributed by atoms with Crippen molar-refractivity contribution in [3.05, 3.63) is 36.5 Å². The minimum absolute atomic E-state index is 0.0356. The van der Waals surface area contributed by atoms with Crippen LogP contribution in [0.15, 0.2) is 36.5 Å². The Labute approximate surface area is 293 Å². The van der Waals surface area contributed by atoms with Crippen LogP contribution in [0.4, 0.5) is 0 Å². The number of carbonyl (C=O) groups is 2. The average Bonchev–Trinajstić information content (AvgIpc) is 3.02. The second-order valence-corrected chi connectivity index (χ2v) is 15.0. The summed E-state index contributed by atoms with van der Waals surface area (Å²) in [6, 6.07) is 0. The van der Waals surface area contributed by atoms with Crippen LogP contribution in [0.1, 0.15) is 142 Å². The zero-order chi connectivity index (χ0) is 35.8. The third-order valence-electron chi connectivity index (χ3n) is 7.66. The molecule has 10 heteroatoms. The van der Waals surface area contributed by atoms with Gasteiger partial charge in [-0.15, -0.1) is 0 Å². The summed E-state index contributed by atoms with van der Waals surface area (Å²) in [5.41, 5.74) is 0. The van der Waals surface area contributed by atoms with Gasteiger partial charge in [-0.3, -0.25) is 14.2 Å². The number of carbonyl (C=O) groups excluding carboxylic acids is 2. The molecule has 0 aromatic carbocycles. The highest BCUT2D eigenvalue weighted by Gasteiger charge is 2.21. The maximum atomic E-state index is 12.6. The van der Waals surface area contributed by atoms with Gasteiger partial charge in [-0.25, -0.2) is 0 Å². The van der Waals surface area contributed by atoms with E-state index < -0.39 is 32.5 Å². The first-order valence-electron chi connectivity index (χ1n) is 18.7. The topological polar surface area (TPSA) is 111 Å². The molecule has 280 valence electrons. The number of nitrogens with zero attached hydrogens (tertiary/aromatic N) is 1. The SMILES string of the molecule is CCCCC/C=C/C/C=C/C/C=C/CCCCCCC(=O)O[C@H](COC(=O)CCCCCCCCC)COP(=O)([O-])OCC[N+](C)(C)C. The monoisotopic (exact) mass is 699 g/mol. The summed E-state index contributed by atoms with van der Waals surface area (Å²) in [5.74, 6) is -0.870. The molecule has 0 aliphatic rings. The maximum Gasteiger partial charge on any atom is 0.306 e. The van der Waals surface area contributed by atoms with E-state index in [1.807, 2.05) is 21.1 Å². The largest absolute Gasteiger partial charge is 0.756 e. The van der Waals surface area contributed by atoms with Crippen LogP contribution in [0, 0.1) is 0 Å². The predicted molar refractivity (Wildman–Crippen MR) is 194 cm³/mol. The Morgan fingerprint density at radius 2 is 1.12 bits per heavy atom. The molecule has 48 heavy (non-hydrogen) atoms. The highest BCUT2D eigenvalue weighted by atomic mass is 31.2. The molecule has 0 amide bonds. The third-order valence-corrected chi connectivity index (χ3v) is 8.63. The second kappa shape index (κ2) is 31.2. The summed E-state index contributed by atoms with van der Waals surface area (Å²) < 4.78 is 33.6. The lowest BCUT2D eigenvalue weighted by molar-refractivity contribution is -0.870. The number of allylic oxidation sites excluding steroid dienone is 6. The fraction of sp³-hybridized carbons (Fsp3) is 0.789. The predicted octanol–water partition coefficient (Wildman–Crippen LogP) is 9.16. The van der Waals surface area contributed by atoms with Crippen molar-refractivity contribution in [3.8, 4) is 0 Å². The van der Waals surface area contributed by atoms with Crippen molar-refractivity contribution in [1.82, 2.24) is 0 Å². The number of phosphoric ester groups is 1. The van der Waals surface area contributed by atoms with Crippen molar-refractivity contribution in [3.63, 3.8) is 0 Å². The molecule has 0 N–H and O–H groups in total. The van der Waals surface area contributed by atoms with E-state index in [1.54, 1.807) is 0 Å². The van der Waals surface area contributed by atoms with Gasteiger partial charge in [0.25, 0.3) is 7.82 Å². The first-order valence-corrected chi connectivity index (χ1v) is 20.2. The number of phosphoric acid groups is 1. The Hall–Kier alpha value is -1.77. The highest BCUT2D eigenvalue weighted by molar-refractivity contribution is 7.45. The Morgan fingerprint density at radius 1 is 0.646 bits per heavy atom. The van der Waals surface area contributed by atoms with Crippen LogP contribution in [0.2, 0.25) is 0 Å². The number of hydrogen-bond donors (Lipinski definition) is 0. The number of ether oxygens (including phenoxy) is 2. The summed E-state index contributed by atoms with van der Waals surface area (Å²) in [6.45, 7) is 4.09. The molecule has 0 heterocycles. The van der Waals surface area contributed by atoms with Gasteiger partial charge in [0.15, 0.2) is 6.10 Å². The molecule has 9 nitrogen and oxygen atoms in total. The maximum absolute atomic E-state index is 12.6. The van der Waals surface area contributed by atoms with Crippen LogP contribution in [0.25, 0.3) is 0 Å². The minimum atomic E-state index is -4.62. The van der Waals surface area contributed by atoms with Crippen LogP contribution in [-0.2, 0) is 32.7 Å². The van der Waals surface area contributed by atoms with Crippen LogP contribution < -0.4 is 4.89 Å². The number of hydrogen-bond acceptors (Lipinski definition) is 8. The zero-order valence-corrected chi connectivity index (χ0v) is 32.1. The summed E-state index contributed by atoms with van der Waals surface area (Å²) in [4.78, 5) is 37.1. The van der Waals surface area contributed by atoms with E-state index in [9.17, 15) is 19.0 Å². The van der Waals surface area contributed by atoms with Gasteiger partial charge in [0.05, 0.1) is 27.7 Å². The summed E-state index contributed by atoms with van der Waals surface area (Å²) >= 11 is 0. The van der Waals surface area contributed by atoms with Crippen molar-refractivity contribution in [2.75, 3.05) is 47.5 Å². The van der Waals surface area contributed by atoms with E-state index in [4.69, 9.17) is 18.5 Å². The first kappa shape index (κ1) is 46.2.